The molecule has 2 rings (SSSR count). The summed E-state index contributed by atoms with van der Waals surface area (Å²) < 4.78 is 0. The first-order valence-electron chi connectivity index (χ1n) is 4.51. The van der Waals surface area contributed by atoms with Crippen molar-refractivity contribution in [2.75, 3.05) is 6.54 Å². The second kappa shape index (κ2) is 4.70. The molecule has 1 amide bonds. The van der Waals surface area contributed by atoms with Gasteiger partial charge in [-0.1, -0.05) is 0 Å². The van der Waals surface area contributed by atoms with Gasteiger partial charge in [0.15, 0.2) is 5.69 Å². The quantitative estimate of drug-likeness (QED) is 0.805. The Balaban J connectivity index is 1.77. The fourth-order valence-corrected chi connectivity index (χ4v) is 1.86. The maximum Gasteiger partial charge on any atom is 0.273 e. The third-order valence-corrected chi connectivity index (χ3v) is 2.66. The van der Waals surface area contributed by atoms with E-state index in [9.17, 15) is 4.79 Å². The average molecular weight is 222 g/mol. The van der Waals surface area contributed by atoms with Gasteiger partial charge in [0, 0.05) is 6.54 Å². The molecular formula is C9H10N4OS. The summed E-state index contributed by atoms with van der Waals surface area (Å²) in [6.45, 7) is 0.614. The fraction of sp³-hybridized carbons (Fsp3) is 0.222. The summed E-state index contributed by atoms with van der Waals surface area (Å²) in [4.78, 5) is 11.4. The number of hydrogen-bond acceptors (Lipinski definition) is 4. The Morgan fingerprint density at radius 2 is 2.53 bits per heavy atom. The maximum atomic E-state index is 11.4. The third kappa shape index (κ3) is 2.63. The molecule has 2 N–H and O–H groups in total. The Labute approximate surface area is 90.5 Å². The Morgan fingerprint density at radius 1 is 1.60 bits per heavy atom. The molecule has 0 atom stereocenters. The Hall–Kier alpha value is -1.69. The van der Waals surface area contributed by atoms with Gasteiger partial charge in [-0.05, 0) is 28.8 Å². The van der Waals surface area contributed by atoms with Crippen LogP contribution >= 0.6 is 11.3 Å². The number of carbonyl (C=O) groups is 1. The summed E-state index contributed by atoms with van der Waals surface area (Å²) in [6, 6.07) is 2.05. The summed E-state index contributed by atoms with van der Waals surface area (Å²) in [5.41, 5.74) is 1.56. The van der Waals surface area contributed by atoms with Crippen LogP contribution in [0.5, 0.6) is 0 Å². The lowest BCUT2D eigenvalue weighted by atomic mass is 10.2. The van der Waals surface area contributed by atoms with Gasteiger partial charge in [0.2, 0.25) is 0 Å². The van der Waals surface area contributed by atoms with E-state index in [2.05, 4.69) is 26.1 Å². The van der Waals surface area contributed by atoms with Gasteiger partial charge in [0.25, 0.3) is 5.91 Å². The molecule has 0 radical (unpaired) electrons. The van der Waals surface area contributed by atoms with Crippen LogP contribution in [0, 0.1) is 0 Å². The van der Waals surface area contributed by atoms with Gasteiger partial charge in [0.05, 0.1) is 6.20 Å². The summed E-state index contributed by atoms with van der Waals surface area (Å²) in [5.74, 6) is -0.195. The molecule has 5 nitrogen and oxygen atoms in total. The van der Waals surface area contributed by atoms with E-state index in [1.807, 2.05) is 11.4 Å². The van der Waals surface area contributed by atoms with Gasteiger partial charge < -0.3 is 5.32 Å². The smallest absolute Gasteiger partial charge is 0.273 e. The summed E-state index contributed by atoms with van der Waals surface area (Å²) >= 11 is 1.66. The van der Waals surface area contributed by atoms with Crippen LogP contribution in [0.4, 0.5) is 0 Å². The van der Waals surface area contributed by atoms with Crippen LogP contribution < -0.4 is 5.32 Å². The van der Waals surface area contributed by atoms with Crippen LogP contribution in [0.25, 0.3) is 0 Å². The zero-order chi connectivity index (χ0) is 10.5. The molecule has 6 heteroatoms. The van der Waals surface area contributed by atoms with E-state index in [4.69, 9.17) is 0 Å². The van der Waals surface area contributed by atoms with Crippen molar-refractivity contribution < 1.29 is 4.79 Å². The van der Waals surface area contributed by atoms with E-state index in [1.54, 1.807) is 11.3 Å². The van der Waals surface area contributed by atoms with Crippen LogP contribution in [-0.4, -0.2) is 27.9 Å². The number of thiophene rings is 1. The van der Waals surface area contributed by atoms with Crippen LogP contribution in [0.15, 0.2) is 23.0 Å². The summed E-state index contributed by atoms with van der Waals surface area (Å²) in [6.07, 6.45) is 2.24. The van der Waals surface area contributed by atoms with Crippen molar-refractivity contribution in [1.29, 1.82) is 0 Å². The van der Waals surface area contributed by atoms with Crippen molar-refractivity contribution in [2.45, 2.75) is 6.42 Å². The molecule has 0 bridgehead atoms. The van der Waals surface area contributed by atoms with E-state index in [1.165, 1.54) is 11.8 Å². The summed E-state index contributed by atoms with van der Waals surface area (Å²) in [5, 5.41) is 16.5. The van der Waals surface area contributed by atoms with Crippen molar-refractivity contribution in [3.8, 4) is 0 Å². The molecule has 0 spiro atoms. The first-order valence-corrected chi connectivity index (χ1v) is 5.45. The van der Waals surface area contributed by atoms with Gasteiger partial charge >= 0.3 is 0 Å². The topological polar surface area (TPSA) is 70.7 Å². The molecule has 0 aliphatic carbocycles. The molecule has 0 unspecified atom stereocenters. The molecule has 2 aromatic rings. The molecule has 15 heavy (non-hydrogen) atoms. The van der Waals surface area contributed by atoms with Crippen LogP contribution in [0.1, 0.15) is 16.1 Å². The van der Waals surface area contributed by atoms with Crippen molar-refractivity contribution in [3.05, 3.63) is 34.3 Å². The monoisotopic (exact) mass is 222 g/mol. The largest absolute Gasteiger partial charge is 0.350 e. The lowest BCUT2D eigenvalue weighted by Crippen LogP contribution is -2.25. The number of aromatic amines is 1. The molecule has 0 aliphatic rings. The van der Waals surface area contributed by atoms with E-state index in [-0.39, 0.29) is 5.91 Å². The van der Waals surface area contributed by atoms with Crippen LogP contribution in [0.3, 0.4) is 0 Å². The summed E-state index contributed by atoms with van der Waals surface area (Å²) in [7, 11) is 0. The number of H-pyrrole nitrogens is 1. The first-order chi connectivity index (χ1) is 7.36. The molecule has 0 fully saturated rings. The highest BCUT2D eigenvalue weighted by atomic mass is 32.1. The zero-order valence-corrected chi connectivity index (χ0v) is 8.75. The van der Waals surface area contributed by atoms with Crippen molar-refractivity contribution >= 4 is 17.2 Å². The van der Waals surface area contributed by atoms with Gasteiger partial charge in [-0.25, -0.2) is 0 Å². The highest BCUT2D eigenvalue weighted by Gasteiger charge is 2.06. The normalized spacial score (nSPS) is 10.1. The van der Waals surface area contributed by atoms with E-state index >= 15 is 0 Å². The minimum Gasteiger partial charge on any atom is -0.350 e. The minimum atomic E-state index is -0.195. The van der Waals surface area contributed by atoms with Gasteiger partial charge in [-0.3, -0.25) is 4.79 Å². The highest BCUT2D eigenvalue weighted by molar-refractivity contribution is 7.07. The minimum absolute atomic E-state index is 0.195. The van der Waals surface area contributed by atoms with E-state index in [0.29, 0.717) is 12.2 Å². The fourth-order valence-electron chi connectivity index (χ4n) is 1.16. The Kier molecular flexibility index (Phi) is 3.08. The molecule has 0 aliphatic heterocycles. The Bertz CT molecular complexity index is 409. The molecule has 2 aromatic heterocycles. The number of nitrogens with zero attached hydrogens (tertiary/aromatic N) is 2. The molecule has 78 valence electrons. The van der Waals surface area contributed by atoms with Crippen LogP contribution in [0.2, 0.25) is 0 Å². The van der Waals surface area contributed by atoms with Gasteiger partial charge in [-0.15, -0.1) is 0 Å². The van der Waals surface area contributed by atoms with Crippen molar-refractivity contribution in [1.82, 2.24) is 20.7 Å². The highest BCUT2D eigenvalue weighted by Crippen LogP contribution is 2.05. The number of nitrogens with one attached hydrogen (secondary N) is 2. The van der Waals surface area contributed by atoms with Crippen LogP contribution in [-0.2, 0) is 6.42 Å². The average Bonchev–Trinajstić information content (AvgIpc) is 2.90. The van der Waals surface area contributed by atoms with E-state index in [0.717, 1.165) is 6.42 Å². The predicted molar refractivity (Wildman–Crippen MR) is 56.7 cm³/mol. The number of carbonyl (C=O) groups excluding carboxylic acids is 1. The number of aromatic nitrogens is 3. The second-order valence-electron chi connectivity index (χ2n) is 2.99. The Morgan fingerprint density at radius 3 is 3.20 bits per heavy atom. The molecule has 0 saturated heterocycles. The molecular weight excluding hydrogens is 212 g/mol. The molecule has 2 heterocycles. The molecule has 0 saturated carbocycles. The zero-order valence-electron chi connectivity index (χ0n) is 7.93. The maximum absolute atomic E-state index is 11.4. The lowest BCUT2D eigenvalue weighted by molar-refractivity contribution is 0.0949. The van der Waals surface area contributed by atoms with Crippen molar-refractivity contribution in [2.24, 2.45) is 0 Å². The molecule has 0 aromatic carbocycles. The number of rotatable bonds is 4. The van der Waals surface area contributed by atoms with E-state index < -0.39 is 0 Å². The van der Waals surface area contributed by atoms with Gasteiger partial charge in [0.1, 0.15) is 0 Å². The second-order valence-corrected chi connectivity index (χ2v) is 3.77. The predicted octanol–water partition coefficient (Wildman–Crippen LogP) is 0.839. The SMILES string of the molecule is O=C(NCCc1ccsc1)c1cn[nH]n1. The third-order valence-electron chi connectivity index (χ3n) is 1.93. The standard InChI is InChI=1S/C9H10N4OS/c14-9(8-5-11-13-12-8)10-3-1-7-2-4-15-6-7/h2,4-6H,1,3H2,(H,10,14)(H,11,12,13). The van der Waals surface area contributed by atoms with Crippen molar-refractivity contribution in [3.63, 3.8) is 0 Å². The van der Waals surface area contributed by atoms with Gasteiger partial charge in [-0.2, -0.15) is 26.7 Å². The lowest BCUT2D eigenvalue weighted by Gasteiger charge is -2.00. The first kappa shape index (κ1) is 9.85. The number of hydrogen-bond donors (Lipinski definition) is 2. The number of amides is 1.